The molecule has 21 heavy (non-hydrogen) atoms. The Morgan fingerprint density at radius 1 is 1.33 bits per heavy atom. The summed E-state index contributed by atoms with van der Waals surface area (Å²) >= 11 is 0. The summed E-state index contributed by atoms with van der Waals surface area (Å²) in [5.74, 6) is -1.18. The summed E-state index contributed by atoms with van der Waals surface area (Å²) in [5.41, 5.74) is 2.06. The van der Waals surface area contributed by atoms with Crippen LogP contribution in [0.3, 0.4) is 0 Å². The summed E-state index contributed by atoms with van der Waals surface area (Å²) < 4.78 is 0. The van der Waals surface area contributed by atoms with E-state index >= 15 is 0 Å². The molecule has 5 nitrogen and oxygen atoms in total. The Labute approximate surface area is 124 Å². The van der Waals surface area contributed by atoms with E-state index in [-0.39, 0.29) is 5.91 Å². The average Bonchev–Trinajstić information content (AvgIpc) is 2.41. The van der Waals surface area contributed by atoms with E-state index in [9.17, 15) is 14.7 Å². The average molecular weight is 291 g/mol. The summed E-state index contributed by atoms with van der Waals surface area (Å²) in [7, 11) is 1.68. The van der Waals surface area contributed by atoms with Crippen molar-refractivity contribution in [3.8, 4) is 0 Å². The Morgan fingerprint density at radius 3 is 2.57 bits per heavy atom. The third-order valence-corrected chi connectivity index (χ3v) is 2.99. The molecule has 0 saturated carbocycles. The summed E-state index contributed by atoms with van der Waals surface area (Å²) in [4.78, 5) is 24.4. The lowest BCUT2D eigenvalue weighted by molar-refractivity contribution is -0.131. The lowest BCUT2D eigenvalue weighted by Crippen LogP contribution is -2.29. The third-order valence-electron chi connectivity index (χ3n) is 2.99. The van der Waals surface area contributed by atoms with Crippen LogP contribution in [-0.4, -0.2) is 46.7 Å². The largest absolute Gasteiger partial charge is 0.478 e. The van der Waals surface area contributed by atoms with E-state index in [1.165, 1.54) is 6.08 Å². The molecule has 1 atom stereocenters. The van der Waals surface area contributed by atoms with Gasteiger partial charge in [0.25, 0.3) is 5.91 Å². The molecule has 0 aliphatic carbocycles. The maximum atomic E-state index is 12.3. The van der Waals surface area contributed by atoms with E-state index in [1.807, 2.05) is 13.0 Å². The maximum Gasteiger partial charge on any atom is 0.328 e. The molecule has 2 N–H and O–H groups in total. The Hall–Kier alpha value is -2.14. The number of carboxylic acids is 1. The van der Waals surface area contributed by atoms with Gasteiger partial charge in [0.2, 0.25) is 0 Å². The van der Waals surface area contributed by atoms with Crippen LogP contribution < -0.4 is 0 Å². The van der Waals surface area contributed by atoms with Crippen molar-refractivity contribution in [2.45, 2.75) is 26.4 Å². The van der Waals surface area contributed by atoms with Crippen molar-refractivity contribution in [1.29, 1.82) is 0 Å². The molecule has 114 valence electrons. The van der Waals surface area contributed by atoms with Gasteiger partial charge >= 0.3 is 5.97 Å². The predicted molar refractivity (Wildman–Crippen MR) is 81.1 cm³/mol. The monoisotopic (exact) mass is 291 g/mol. The number of benzene rings is 1. The fourth-order valence-electron chi connectivity index (χ4n) is 1.90. The number of aliphatic hydroxyl groups is 1. The van der Waals surface area contributed by atoms with Crippen molar-refractivity contribution in [1.82, 2.24) is 4.90 Å². The van der Waals surface area contributed by atoms with Gasteiger partial charge in [0.05, 0.1) is 6.10 Å². The number of nitrogens with zero attached hydrogens (tertiary/aromatic N) is 1. The molecule has 0 aliphatic rings. The second-order valence-electron chi connectivity index (χ2n) is 5.17. The molecule has 0 spiro atoms. The Bertz CT molecular complexity index is 549. The van der Waals surface area contributed by atoms with Crippen LogP contribution in [0.2, 0.25) is 0 Å². The van der Waals surface area contributed by atoms with Gasteiger partial charge in [-0.1, -0.05) is 6.07 Å². The lowest BCUT2D eigenvalue weighted by atomic mass is 10.0. The quantitative estimate of drug-likeness (QED) is 0.785. The number of amides is 1. The first-order valence-electron chi connectivity index (χ1n) is 6.76. The molecule has 0 aromatic heterocycles. The first-order chi connectivity index (χ1) is 9.79. The van der Waals surface area contributed by atoms with Gasteiger partial charge in [0.1, 0.15) is 0 Å². The van der Waals surface area contributed by atoms with Gasteiger partial charge in [0.15, 0.2) is 0 Å². The Morgan fingerprint density at radius 2 is 2.00 bits per heavy atom. The molecule has 0 aliphatic heterocycles. The number of aliphatic carboxylic acids is 1. The molecule has 5 heteroatoms. The van der Waals surface area contributed by atoms with Gasteiger partial charge in [-0.25, -0.2) is 4.79 Å². The zero-order valence-corrected chi connectivity index (χ0v) is 12.5. The highest BCUT2D eigenvalue weighted by molar-refractivity contribution is 5.95. The van der Waals surface area contributed by atoms with Crippen LogP contribution >= 0.6 is 0 Å². The zero-order chi connectivity index (χ0) is 16.0. The molecular weight excluding hydrogens is 270 g/mol. The molecule has 1 unspecified atom stereocenters. The molecule has 1 rings (SSSR count). The third kappa shape index (κ3) is 5.79. The van der Waals surface area contributed by atoms with E-state index < -0.39 is 12.1 Å². The first-order valence-corrected chi connectivity index (χ1v) is 6.76. The topological polar surface area (TPSA) is 77.8 Å². The molecule has 0 radical (unpaired) electrons. The number of rotatable bonds is 6. The van der Waals surface area contributed by atoms with Crippen molar-refractivity contribution < 1.29 is 19.8 Å². The number of carboxylic acid groups (broad SMARTS) is 1. The van der Waals surface area contributed by atoms with Crippen LogP contribution in [0, 0.1) is 6.92 Å². The smallest absolute Gasteiger partial charge is 0.328 e. The van der Waals surface area contributed by atoms with Crippen molar-refractivity contribution in [2.24, 2.45) is 0 Å². The number of aliphatic hydroxyl groups excluding tert-OH is 1. The second-order valence-corrected chi connectivity index (χ2v) is 5.17. The van der Waals surface area contributed by atoms with E-state index in [1.54, 1.807) is 31.0 Å². The van der Waals surface area contributed by atoms with E-state index in [2.05, 4.69) is 0 Å². The van der Waals surface area contributed by atoms with Gasteiger partial charge < -0.3 is 15.1 Å². The van der Waals surface area contributed by atoms with E-state index in [4.69, 9.17) is 5.11 Å². The molecule has 0 bridgehead atoms. The molecule has 0 heterocycles. The van der Waals surface area contributed by atoms with Gasteiger partial charge in [0, 0.05) is 25.2 Å². The van der Waals surface area contributed by atoms with E-state index in [0.717, 1.165) is 11.6 Å². The summed E-state index contributed by atoms with van der Waals surface area (Å²) in [6.45, 7) is 4.00. The van der Waals surface area contributed by atoms with Crippen LogP contribution in [0.1, 0.15) is 34.8 Å². The summed E-state index contributed by atoms with van der Waals surface area (Å²) in [6, 6.07) is 5.24. The minimum Gasteiger partial charge on any atom is -0.478 e. The highest BCUT2D eigenvalue weighted by Crippen LogP contribution is 2.13. The lowest BCUT2D eigenvalue weighted by Gasteiger charge is -2.18. The van der Waals surface area contributed by atoms with Crippen molar-refractivity contribution in [3.05, 3.63) is 41.0 Å². The van der Waals surface area contributed by atoms with Crippen LogP contribution in [0.25, 0.3) is 6.08 Å². The van der Waals surface area contributed by atoms with Crippen LogP contribution in [0.15, 0.2) is 24.3 Å². The molecule has 1 amide bonds. The number of carbonyl (C=O) groups is 2. The van der Waals surface area contributed by atoms with Crippen molar-refractivity contribution in [3.63, 3.8) is 0 Å². The second kappa shape index (κ2) is 7.59. The Balaban J connectivity index is 2.91. The van der Waals surface area contributed by atoms with Gasteiger partial charge in [-0.3, -0.25) is 4.79 Å². The highest BCUT2D eigenvalue weighted by atomic mass is 16.4. The van der Waals surface area contributed by atoms with Crippen LogP contribution in [-0.2, 0) is 4.79 Å². The Kier molecular flexibility index (Phi) is 6.11. The highest BCUT2D eigenvalue weighted by Gasteiger charge is 2.13. The van der Waals surface area contributed by atoms with Gasteiger partial charge in [-0.05, 0) is 49.6 Å². The molecular formula is C16H21NO4. The first kappa shape index (κ1) is 16.9. The number of aryl methyl sites for hydroxylation is 1. The zero-order valence-electron chi connectivity index (χ0n) is 12.5. The van der Waals surface area contributed by atoms with Crippen LogP contribution in [0.4, 0.5) is 0 Å². The van der Waals surface area contributed by atoms with Gasteiger partial charge in [-0.2, -0.15) is 0 Å². The van der Waals surface area contributed by atoms with Crippen molar-refractivity contribution >= 4 is 18.0 Å². The summed E-state index contributed by atoms with van der Waals surface area (Å²) in [6.07, 6.45) is 2.56. The fraction of sp³-hybridized carbons (Fsp3) is 0.375. The molecule has 0 fully saturated rings. The number of hydrogen-bond acceptors (Lipinski definition) is 3. The normalized spacial score (nSPS) is 12.4. The van der Waals surface area contributed by atoms with E-state index in [0.29, 0.717) is 24.1 Å². The predicted octanol–water partition coefficient (Wildman–Crippen LogP) is 1.94. The summed E-state index contributed by atoms with van der Waals surface area (Å²) in [5, 5.41) is 17.9. The molecule has 0 saturated heterocycles. The SMILES string of the molecule is Cc1cc(/C=C/C(=O)O)cc(C(=O)N(C)CCC(C)O)c1. The maximum absolute atomic E-state index is 12.3. The number of carbonyl (C=O) groups excluding carboxylic acids is 1. The van der Waals surface area contributed by atoms with Crippen molar-refractivity contribution in [2.75, 3.05) is 13.6 Å². The molecule has 1 aromatic rings. The number of hydrogen-bond donors (Lipinski definition) is 2. The minimum atomic E-state index is -1.03. The van der Waals surface area contributed by atoms with Gasteiger partial charge in [-0.15, -0.1) is 0 Å². The fourth-order valence-corrected chi connectivity index (χ4v) is 1.90. The molecule has 1 aromatic carbocycles. The minimum absolute atomic E-state index is 0.149. The standard InChI is InChI=1S/C16H21NO4/c1-11-8-13(4-5-15(19)20)10-14(9-11)16(21)17(3)7-6-12(2)18/h4-5,8-10,12,18H,6-7H2,1-3H3,(H,19,20)/b5-4+. The van der Waals surface area contributed by atoms with Crippen LogP contribution in [0.5, 0.6) is 0 Å².